The predicted molar refractivity (Wildman–Crippen MR) is 140 cm³/mol. The molecular formula is C26H24F3N9O4. The second-order valence-corrected chi connectivity index (χ2v) is 9.67. The summed E-state index contributed by atoms with van der Waals surface area (Å²) in [6.07, 6.45) is 0.200. The van der Waals surface area contributed by atoms with E-state index in [-0.39, 0.29) is 40.8 Å². The number of halogens is 3. The highest BCUT2D eigenvalue weighted by Gasteiger charge is 2.54. The maximum absolute atomic E-state index is 13.6. The molecule has 5 rings (SSSR count). The van der Waals surface area contributed by atoms with Gasteiger partial charge in [0.25, 0.3) is 11.8 Å². The molecule has 1 saturated carbocycles. The number of aryl methyl sites for hydroxylation is 2. The monoisotopic (exact) mass is 583 g/mol. The lowest BCUT2D eigenvalue weighted by Gasteiger charge is -2.22. The summed E-state index contributed by atoms with van der Waals surface area (Å²) >= 11 is 0. The van der Waals surface area contributed by atoms with E-state index in [0.29, 0.717) is 30.7 Å². The minimum absolute atomic E-state index is 0.00727. The SMILES string of the molecule is CNc1ncn(C2(C(=O)Nc3ccnc(-c4cnc(C(F)(F)F)c(C)c4)n3)CC2)c1C(=O)N(C=O)Cc1cc(C)on1. The Kier molecular flexibility index (Phi) is 7.22. The van der Waals surface area contributed by atoms with E-state index in [4.69, 9.17) is 4.52 Å². The zero-order valence-corrected chi connectivity index (χ0v) is 22.6. The lowest BCUT2D eigenvalue weighted by molar-refractivity contribution is -0.141. The van der Waals surface area contributed by atoms with Gasteiger partial charge in [0, 0.05) is 31.1 Å². The van der Waals surface area contributed by atoms with Gasteiger partial charge in [-0.25, -0.2) is 15.0 Å². The number of alkyl halides is 3. The number of imide groups is 1. The van der Waals surface area contributed by atoms with Crippen molar-refractivity contribution in [3.63, 3.8) is 0 Å². The van der Waals surface area contributed by atoms with E-state index < -0.39 is 29.2 Å². The Hall–Kier alpha value is -5.15. The van der Waals surface area contributed by atoms with E-state index in [9.17, 15) is 27.6 Å². The lowest BCUT2D eigenvalue weighted by Crippen LogP contribution is -2.38. The molecule has 0 spiro atoms. The Balaban J connectivity index is 1.40. The fourth-order valence-corrected chi connectivity index (χ4v) is 4.51. The number of amides is 3. The molecule has 0 unspecified atom stereocenters. The number of imidazole rings is 1. The molecule has 0 saturated heterocycles. The first kappa shape index (κ1) is 28.4. The van der Waals surface area contributed by atoms with Gasteiger partial charge >= 0.3 is 6.18 Å². The van der Waals surface area contributed by atoms with Crippen molar-refractivity contribution in [2.75, 3.05) is 17.7 Å². The number of hydrogen-bond donors (Lipinski definition) is 2. The van der Waals surface area contributed by atoms with Crippen LogP contribution >= 0.6 is 0 Å². The molecule has 0 aliphatic heterocycles. The summed E-state index contributed by atoms with van der Waals surface area (Å²) in [6, 6.07) is 4.28. The Morgan fingerprint density at radius 3 is 2.55 bits per heavy atom. The maximum atomic E-state index is 13.6. The van der Waals surface area contributed by atoms with Gasteiger partial charge in [-0.3, -0.25) is 24.3 Å². The molecule has 0 atom stereocenters. The third-order valence-electron chi connectivity index (χ3n) is 6.71. The second kappa shape index (κ2) is 10.7. The fraction of sp³-hybridized carbons (Fsp3) is 0.308. The molecule has 4 heterocycles. The minimum Gasteiger partial charge on any atom is -0.371 e. The quantitative estimate of drug-likeness (QED) is 0.280. The van der Waals surface area contributed by atoms with E-state index >= 15 is 0 Å². The van der Waals surface area contributed by atoms with Gasteiger partial charge in [-0.05, 0) is 44.4 Å². The van der Waals surface area contributed by atoms with Crippen LogP contribution in [-0.2, 0) is 27.8 Å². The van der Waals surface area contributed by atoms with E-state index in [1.54, 1.807) is 20.0 Å². The topological polar surface area (TPSA) is 161 Å². The number of pyridine rings is 1. The summed E-state index contributed by atoms with van der Waals surface area (Å²) < 4.78 is 45.8. The number of carbonyl (C=O) groups excluding carboxylic acids is 3. The first-order valence-corrected chi connectivity index (χ1v) is 12.6. The van der Waals surface area contributed by atoms with Crippen LogP contribution in [-0.4, -0.2) is 59.8 Å². The highest BCUT2D eigenvalue weighted by Crippen LogP contribution is 2.46. The Bertz CT molecular complexity index is 1680. The molecule has 1 aliphatic carbocycles. The molecule has 4 aromatic heterocycles. The zero-order chi connectivity index (χ0) is 30.2. The molecule has 1 aliphatic rings. The smallest absolute Gasteiger partial charge is 0.371 e. The molecule has 218 valence electrons. The average molecular weight is 584 g/mol. The predicted octanol–water partition coefficient (Wildman–Crippen LogP) is 3.33. The van der Waals surface area contributed by atoms with Crippen LogP contribution < -0.4 is 10.6 Å². The van der Waals surface area contributed by atoms with Crippen LogP contribution in [0.3, 0.4) is 0 Å². The number of anilines is 2. The molecule has 1 fully saturated rings. The number of hydrogen-bond acceptors (Lipinski definition) is 10. The standard InChI is InChI=1S/C26H24F3N9O4/c1-14-8-16(10-32-20(14)26(27,28)29)21-31-7-4-18(34-21)35-24(41)25(5-6-25)38-12-33-22(30-3)19(38)23(40)37(13-39)11-17-9-15(2)42-36-17/h4,7-10,12-13,30H,5-6,11H2,1-3H3,(H,31,34,35,41). The van der Waals surface area contributed by atoms with Gasteiger partial charge in [-0.15, -0.1) is 0 Å². The van der Waals surface area contributed by atoms with Crippen molar-refractivity contribution in [1.29, 1.82) is 0 Å². The summed E-state index contributed by atoms with van der Waals surface area (Å²) in [4.78, 5) is 56.0. The van der Waals surface area contributed by atoms with Gasteiger partial charge in [0.2, 0.25) is 6.41 Å². The van der Waals surface area contributed by atoms with Crippen molar-refractivity contribution in [1.82, 2.24) is 34.6 Å². The van der Waals surface area contributed by atoms with Crippen LogP contribution in [0.1, 0.15) is 46.0 Å². The lowest BCUT2D eigenvalue weighted by atomic mass is 10.1. The van der Waals surface area contributed by atoms with Gasteiger partial charge in [0.15, 0.2) is 17.3 Å². The summed E-state index contributed by atoms with van der Waals surface area (Å²) in [6.45, 7) is 2.80. The molecular weight excluding hydrogens is 559 g/mol. The van der Waals surface area contributed by atoms with Crippen molar-refractivity contribution in [2.45, 2.75) is 44.9 Å². The number of rotatable bonds is 9. The molecule has 0 radical (unpaired) electrons. The first-order valence-electron chi connectivity index (χ1n) is 12.6. The summed E-state index contributed by atoms with van der Waals surface area (Å²) in [5.74, 6) is -0.393. The van der Waals surface area contributed by atoms with E-state index in [2.05, 4.69) is 35.7 Å². The average Bonchev–Trinajstić information content (AvgIpc) is 3.48. The number of nitrogens with zero attached hydrogens (tertiary/aromatic N) is 7. The van der Waals surface area contributed by atoms with Crippen LogP contribution in [0.5, 0.6) is 0 Å². The molecule has 0 bridgehead atoms. The summed E-state index contributed by atoms with van der Waals surface area (Å²) in [5, 5.41) is 9.35. The largest absolute Gasteiger partial charge is 0.433 e. The van der Waals surface area contributed by atoms with Gasteiger partial charge in [-0.1, -0.05) is 5.16 Å². The van der Waals surface area contributed by atoms with Gasteiger partial charge < -0.3 is 19.7 Å². The summed E-state index contributed by atoms with van der Waals surface area (Å²) in [5.41, 5.74) is -1.73. The molecule has 13 nitrogen and oxygen atoms in total. The minimum atomic E-state index is -4.60. The normalized spacial score (nSPS) is 13.9. The van der Waals surface area contributed by atoms with Crippen molar-refractivity contribution in [3.05, 3.63) is 65.3 Å². The Morgan fingerprint density at radius 2 is 1.95 bits per heavy atom. The van der Waals surface area contributed by atoms with Gasteiger partial charge in [-0.2, -0.15) is 13.2 Å². The van der Waals surface area contributed by atoms with Gasteiger partial charge in [0.1, 0.15) is 28.5 Å². The van der Waals surface area contributed by atoms with Crippen LogP contribution in [0.15, 0.2) is 41.4 Å². The van der Waals surface area contributed by atoms with Crippen LogP contribution in [0.2, 0.25) is 0 Å². The van der Waals surface area contributed by atoms with Crippen molar-refractivity contribution >= 4 is 29.9 Å². The number of aromatic nitrogens is 6. The molecule has 0 aromatic carbocycles. The second-order valence-electron chi connectivity index (χ2n) is 9.67. The van der Waals surface area contributed by atoms with Crippen molar-refractivity contribution < 1.29 is 32.1 Å². The highest BCUT2D eigenvalue weighted by atomic mass is 19.4. The Labute approximate surface area is 236 Å². The molecule has 3 amide bonds. The van der Waals surface area contributed by atoms with E-state index in [1.807, 2.05) is 0 Å². The first-order chi connectivity index (χ1) is 20.0. The number of nitrogens with one attached hydrogen (secondary N) is 2. The van der Waals surface area contributed by atoms with Crippen LogP contribution in [0.25, 0.3) is 11.4 Å². The third-order valence-corrected chi connectivity index (χ3v) is 6.71. The third kappa shape index (κ3) is 5.29. The molecule has 2 N–H and O–H groups in total. The summed E-state index contributed by atoms with van der Waals surface area (Å²) in [7, 11) is 1.55. The van der Waals surface area contributed by atoms with Crippen molar-refractivity contribution in [2.24, 2.45) is 0 Å². The maximum Gasteiger partial charge on any atom is 0.433 e. The van der Waals surface area contributed by atoms with Crippen molar-refractivity contribution in [3.8, 4) is 11.4 Å². The highest BCUT2D eigenvalue weighted by molar-refractivity contribution is 6.04. The molecule has 42 heavy (non-hydrogen) atoms. The van der Waals surface area contributed by atoms with E-state index in [0.717, 1.165) is 11.1 Å². The van der Waals surface area contributed by atoms with E-state index in [1.165, 1.54) is 36.1 Å². The molecule has 16 heteroatoms. The van der Waals surface area contributed by atoms with Crippen LogP contribution in [0.4, 0.5) is 24.8 Å². The van der Waals surface area contributed by atoms with Crippen LogP contribution in [0, 0.1) is 13.8 Å². The number of carbonyl (C=O) groups is 3. The fourth-order valence-electron chi connectivity index (χ4n) is 4.51. The van der Waals surface area contributed by atoms with Gasteiger partial charge in [0.05, 0.1) is 12.9 Å². The molecule has 4 aromatic rings. The Morgan fingerprint density at radius 1 is 1.19 bits per heavy atom. The zero-order valence-electron chi connectivity index (χ0n) is 22.6.